The minimum absolute atomic E-state index is 0.382. The third-order valence-corrected chi connectivity index (χ3v) is 5.20. The number of amides is 2. The number of hydrogen-bond donors (Lipinski definition) is 2. The molecule has 2 heterocycles. The molecule has 0 aliphatic heterocycles. The highest BCUT2D eigenvalue weighted by Gasteiger charge is 2.20. The van der Waals surface area contributed by atoms with Gasteiger partial charge in [-0.2, -0.15) is 5.10 Å². The van der Waals surface area contributed by atoms with Gasteiger partial charge in [0, 0.05) is 18.2 Å². The molecule has 4 rings (SSSR count). The minimum atomic E-state index is -0.431. The Hall–Kier alpha value is -4.00. The lowest BCUT2D eigenvalue weighted by atomic mass is 10.1. The Kier molecular flexibility index (Phi) is 5.49. The fourth-order valence-corrected chi connectivity index (χ4v) is 3.53. The van der Waals surface area contributed by atoms with E-state index in [1.807, 2.05) is 49.4 Å². The van der Waals surface area contributed by atoms with Crippen LogP contribution in [0.1, 0.15) is 38.9 Å². The smallest absolute Gasteiger partial charge is 0.267 e. The van der Waals surface area contributed by atoms with Crippen LogP contribution >= 0.6 is 0 Å². The largest absolute Gasteiger partial charge is 0.270 e. The van der Waals surface area contributed by atoms with Crippen molar-refractivity contribution in [1.82, 2.24) is 25.6 Å². The van der Waals surface area contributed by atoms with Gasteiger partial charge in [0.1, 0.15) is 0 Å². The zero-order chi connectivity index (χ0) is 22.0. The molecule has 0 saturated heterocycles. The molecule has 7 nitrogen and oxygen atoms in total. The van der Waals surface area contributed by atoms with E-state index in [0.29, 0.717) is 33.5 Å². The van der Waals surface area contributed by atoms with Crippen LogP contribution in [-0.4, -0.2) is 26.6 Å². The van der Waals surface area contributed by atoms with E-state index < -0.39 is 5.91 Å². The number of fused-ring (bicyclic) bond motifs is 1. The van der Waals surface area contributed by atoms with E-state index >= 15 is 0 Å². The molecule has 2 aromatic heterocycles. The number of nitrogens with one attached hydrogen (secondary N) is 2. The van der Waals surface area contributed by atoms with Crippen LogP contribution in [0.5, 0.6) is 0 Å². The van der Waals surface area contributed by atoms with Gasteiger partial charge < -0.3 is 0 Å². The molecule has 2 aromatic carbocycles. The van der Waals surface area contributed by atoms with E-state index in [-0.39, 0.29) is 5.91 Å². The lowest BCUT2D eigenvalue weighted by Gasteiger charge is -2.11. The molecule has 0 radical (unpaired) electrons. The first-order chi connectivity index (χ1) is 15.0. The Morgan fingerprint density at radius 2 is 1.65 bits per heavy atom. The molecule has 2 amide bonds. The zero-order valence-corrected chi connectivity index (χ0v) is 17.6. The third kappa shape index (κ3) is 4.02. The standard InChI is InChI=1S/C24H23N5O2/c1-4-16-10-12-18(13-11-16)23(30)26-27-24(31)19-14-20(17-8-6-5-7-9-17)25-22-21(19)15(2)28-29(22)3/h5-14H,4H2,1-3H3,(H,26,30)(H,27,31). The molecule has 0 spiro atoms. The summed E-state index contributed by atoms with van der Waals surface area (Å²) < 4.78 is 1.65. The maximum Gasteiger partial charge on any atom is 0.270 e. The number of aromatic nitrogens is 3. The van der Waals surface area contributed by atoms with Gasteiger partial charge in [-0.05, 0) is 37.1 Å². The van der Waals surface area contributed by atoms with Crippen LogP contribution in [0.3, 0.4) is 0 Å². The van der Waals surface area contributed by atoms with Gasteiger partial charge in [-0.25, -0.2) is 4.98 Å². The molecule has 0 aliphatic carbocycles. The van der Waals surface area contributed by atoms with E-state index in [2.05, 4.69) is 22.9 Å². The second-order valence-electron chi connectivity index (χ2n) is 7.29. The van der Waals surface area contributed by atoms with Crippen LogP contribution in [0.4, 0.5) is 0 Å². The first-order valence-electron chi connectivity index (χ1n) is 10.1. The van der Waals surface area contributed by atoms with Crippen LogP contribution in [-0.2, 0) is 13.5 Å². The van der Waals surface area contributed by atoms with Crippen molar-refractivity contribution in [3.63, 3.8) is 0 Å². The molecule has 0 bridgehead atoms. The van der Waals surface area contributed by atoms with Crippen LogP contribution in [0.15, 0.2) is 60.7 Å². The van der Waals surface area contributed by atoms with Crippen molar-refractivity contribution in [2.45, 2.75) is 20.3 Å². The normalized spacial score (nSPS) is 10.8. The van der Waals surface area contributed by atoms with Crippen LogP contribution in [0.25, 0.3) is 22.3 Å². The van der Waals surface area contributed by atoms with E-state index in [1.54, 1.807) is 29.9 Å². The first kappa shape index (κ1) is 20.3. The lowest BCUT2D eigenvalue weighted by molar-refractivity contribution is 0.0847. The van der Waals surface area contributed by atoms with Crippen LogP contribution in [0, 0.1) is 6.92 Å². The van der Waals surface area contributed by atoms with Gasteiger partial charge in [-0.1, -0.05) is 49.4 Å². The molecule has 156 valence electrons. The number of aryl methyl sites for hydroxylation is 3. The number of hydrazine groups is 1. The topological polar surface area (TPSA) is 88.9 Å². The Labute approximate surface area is 180 Å². The minimum Gasteiger partial charge on any atom is -0.267 e. The second-order valence-corrected chi connectivity index (χ2v) is 7.29. The highest BCUT2D eigenvalue weighted by molar-refractivity contribution is 6.08. The fourth-order valence-electron chi connectivity index (χ4n) is 3.53. The van der Waals surface area contributed by atoms with Crippen LogP contribution in [0.2, 0.25) is 0 Å². The van der Waals surface area contributed by atoms with Crippen molar-refractivity contribution in [2.24, 2.45) is 7.05 Å². The number of pyridine rings is 1. The summed E-state index contributed by atoms with van der Waals surface area (Å²) in [6, 6.07) is 18.6. The van der Waals surface area contributed by atoms with Gasteiger partial charge >= 0.3 is 0 Å². The second kappa shape index (κ2) is 8.39. The molecule has 0 fully saturated rings. The molecule has 4 aromatic rings. The summed E-state index contributed by atoms with van der Waals surface area (Å²) >= 11 is 0. The van der Waals surface area contributed by atoms with Gasteiger partial charge in [0.05, 0.1) is 22.3 Å². The summed E-state index contributed by atoms with van der Waals surface area (Å²) in [5, 5.41) is 5.07. The molecule has 7 heteroatoms. The summed E-state index contributed by atoms with van der Waals surface area (Å²) in [5.74, 6) is -0.813. The quantitative estimate of drug-likeness (QED) is 0.501. The Morgan fingerprint density at radius 3 is 2.32 bits per heavy atom. The number of carbonyl (C=O) groups excluding carboxylic acids is 2. The van der Waals surface area contributed by atoms with Gasteiger partial charge in [-0.3, -0.25) is 25.1 Å². The first-order valence-corrected chi connectivity index (χ1v) is 10.1. The van der Waals surface area contributed by atoms with Gasteiger partial charge in [0.25, 0.3) is 11.8 Å². The number of rotatable bonds is 4. The van der Waals surface area contributed by atoms with Crippen molar-refractivity contribution in [1.29, 1.82) is 0 Å². The predicted octanol–water partition coefficient (Wildman–Crippen LogP) is 3.58. The van der Waals surface area contributed by atoms with Crippen molar-refractivity contribution < 1.29 is 9.59 Å². The maximum atomic E-state index is 13.0. The third-order valence-electron chi connectivity index (χ3n) is 5.20. The monoisotopic (exact) mass is 413 g/mol. The summed E-state index contributed by atoms with van der Waals surface area (Å²) in [4.78, 5) is 30.2. The molecule has 0 aliphatic rings. The van der Waals surface area contributed by atoms with E-state index in [1.165, 1.54) is 0 Å². The summed E-state index contributed by atoms with van der Waals surface area (Å²) in [6.07, 6.45) is 0.894. The lowest BCUT2D eigenvalue weighted by Crippen LogP contribution is -2.41. The number of benzene rings is 2. The Morgan fingerprint density at radius 1 is 0.968 bits per heavy atom. The van der Waals surface area contributed by atoms with Gasteiger partial charge in [0.2, 0.25) is 0 Å². The van der Waals surface area contributed by atoms with Gasteiger partial charge in [0.15, 0.2) is 5.65 Å². The average molecular weight is 413 g/mol. The molecule has 2 N–H and O–H groups in total. The van der Waals surface area contributed by atoms with Crippen LogP contribution < -0.4 is 10.9 Å². The summed E-state index contributed by atoms with van der Waals surface area (Å²) in [6.45, 7) is 3.88. The van der Waals surface area contributed by atoms with Gasteiger partial charge in [-0.15, -0.1) is 0 Å². The Balaban J connectivity index is 1.64. The van der Waals surface area contributed by atoms with Crippen molar-refractivity contribution >= 4 is 22.8 Å². The molecule has 0 unspecified atom stereocenters. The summed E-state index contributed by atoms with van der Waals surface area (Å²) in [5.41, 5.74) is 9.87. The van der Waals surface area contributed by atoms with Crippen molar-refractivity contribution in [2.75, 3.05) is 0 Å². The number of carbonyl (C=O) groups is 2. The number of hydrogen-bond acceptors (Lipinski definition) is 4. The maximum absolute atomic E-state index is 13.0. The molecule has 31 heavy (non-hydrogen) atoms. The van der Waals surface area contributed by atoms with E-state index in [9.17, 15) is 9.59 Å². The molecule has 0 saturated carbocycles. The molecular weight excluding hydrogens is 390 g/mol. The van der Waals surface area contributed by atoms with Crippen molar-refractivity contribution in [3.8, 4) is 11.3 Å². The highest BCUT2D eigenvalue weighted by atomic mass is 16.2. The molecule has 0 atom stereocenters. The van der Waals surface area contributed by atoms with E-state index in [4.69, 9.17) is 4.98 Å². The SMILES string of the molecule is CCc1ccc(C(=O)NNC(=O)c2cc(-c3ccccc3)nc3c2c(C)nn3C)cc1. The van der Waals surface area contributed by atoms with E-state index in [0.717, 1.165) is 17.5 Å². The summed E-state index contributed by atoms with van der Waals surface area (Å²) in [7, 11) is 1.79. The number of nitrogens with zero attached hydrogens (tertiary/aromatic N) is 3. The molecular formula is C24H23N5O2. The average Bonchev–Trinajstić information content (AvgIpc) is 3.10. The van der Waals surface area contributed by atoms with Crippen molar-refractivity contribution in [3.05, 3.63) is 83.0 Å². The fraction of sp³-hybridized carbons (Fsp3) is 0.167. The highest BCUT2D eigenvalue weighted by Crippen LogP contribution is 2.26. The Bertz CT molecular complexity index is 1260. The zero-order valence-electron chi connectivity index (χ0n) is 17.6. The predicted molar refractivity (Wildman–Crippen MR) is 119 cm³/mol.